The lowest BCUT2D eigenvalue weighted by molar-refractivity contribution is -0.274. The fourth-order valence-electron chi connectivity index (χ4n) is 1.07. The zero-order valence-electron chi connectivity index (χ0n) is 8.66. The topological polar surface area (TPSA) is 93.6 Å². The van der Waals surface area contributed by atoms with Gasteiger partial charge in [0.15, 0.2) is 0 Å². The molecule has 6 nitrogen and oxygen atoms in total. The Labute approximate surface area is 113 Å². The number of nitrogens with two attached hydrogens (primary N) is 2. The highest BCUT2D eigenvalue weighted by Gasteiger charge is 2.32. The van der Waals surface area contributed by atoms with Crippen molar-refractivity contribution in [3.63, 3.8) is 0 Å². The average molecular weight is 376 g/mol. The first kappa shape index (κ1) is 14.8. The van der Waals surface area contributed by atoms with Crippen LogP contribution >= 0.6 is 22.6 Å². The van der Waals surface area contributed by atoms with Crippen LogP contribution in [0.3, 0.4) is 0 Å². The van der Waals surface area contributed by atoms with Crippen LogP contribution in [0, 0.1) is 3.57 Å². The van der Waals surface area contributed by atoms with Gasteiger partial charge in [0.1, 0.15) is 5.75 Å². The summed E-state index contributed by atoms with van der Waals surface area (Å²) in [6, 6.07) is 2.84. The van der Waals surface area contributed by atoms with Gasteiger partial charge in [-0.15, -0.1) is 13.2 Å². The average Bonchev–Trinajstić information content (AvgIpc) is 2.28. The van der Waals surface area contributed by atoms with E-state index in [0.717, 1.165) is 6.07 Å². The number of hydrogen-bond acceptors (Lipinski definition) is 4. The number of carbonyl (C=O) groups excluding carboxylic acids is 1. The van der Waals surface area contributed by atoms with Crippen LogP contribution in [-0.2, 0) is 0 Å². The SMILES string of the molecule is NNC(=O)N(N)c1cccc(OC(F)(F)F)c1I. The van der Waals surface area contributed by atoms with Crippen LogP contribution in [0.25, 0.3) is 0 Å². The zero-order chi connectivity index (χ0) is 13.9. The minimum absolute atomic E-state index is 0.0264. The number of nitrogens with one attached hydrogen (secondary N) is 1. The molecule has 18 heavy (non-hydrogen) atoms. The van der Waals surface area contributed by atoms with Crippen LogP contribution in [0.15, 0.2) is 18.2 Å². The van der Waals surface area contributed by atoms with Crippen LogP contribution in [-0.4, -0.2) is 12.4 Å². The van der Waals surface area contributed by atoms with Gasteiger partial charge in [0.2, 0.25) is 0 Å². The number of hydrazine groups is 2. The van der Waals surface area contributed by atoms with E-state index in [1.165, 1.54) is 12.1 Å². The molecule has 0 aromatic heterocycles. The molecule has 0 aliphatic heterocycles. The van der Waals surface area contributed by atoms with Crippen LogP contribution in [0.2, 0.25) is 0 Å². The van der Waals surface area contributed by atoms with E-state index >= 15 is 0 Å². The second-order valence-electron chi connectivity index (χ2n) is 2.96. The molecule has 2 amide bonds. The highest BCUT2D eigenvalue weighted by molar-refractivity contribution is 14.1. The summed E-state index contributed by atoms with van der Waals surface area (Å²) in [4.78, 5) is 11.2. The van der Waals surface area contributed by atoms with Crippen molar-refractivity contribution in [3.05, 3.63) is 21.8 Å². The van der Waals surface area contributed by atoms with Crippen LogP contribution in [0.4, 0.5) is 23.7 Å². The maximum atomic E-state index is 12.1. The molecule has 0 fully saturated rings. The van der Waals surface area contributed by atoms with Crippen molar-refractivity contribution in [2.24, 2.45) is 11.7 Å². The largest absolute Gasteiger partial charge is 0.573 e. The summed E-state index contributed by atoms with van der Waals surface area (Å²) in [5, 5.41) is 0.574. The molecule has 0 radical (unpaired) electrons. The first-order valence-corrected chi connectivity index (χ1v) is 5.44. The summed E-state index contributed by atoms with van der Waals surface area (Å²) >= 11 is 1.58. The second-order valence-corrected chi connectivity index (χ2v) is 4.04. The summed E-state index contributed by atoms with van der Waals surface area (Å²) < 4.78 is 40.1. The van der Waals surface area contributed by atoms with Crippen molar-refractivity contribution in [3.8, 4) is 5.75 Å². The third-order valence-electron chi connectivity index (χ3n) is 1.77. The highest BCUT2D eigenvalue weighted by atomic mass is 127. The molecule has 0 saturated carbocycles. The number of ether oxygens (including phenoxy) is 1. The molecule has 1 rings (SSSR count). The Morgan fingerprint density at radius 1 is 1.44 bits per heavy atom. The van der Waals surface area contributed by atoms with Gasteiger partial charge >= 0.3 is 12.4 Å². The minimum atomic E-state index is -4.83. The summed E-state index contributed by atoms with van der Waals surface area (Å²) in [6.45, 7) is 0. The molecule has 10 heteroatoms. The van der Waals surface area contributed by atoms with E-state index in [1.54, 1.807) is 28.0 Å². The van der Waals surface area contributed by atoms with Crippen LogP contribution in [0.5, 0.6) is 5.75 Å². The number of urea groups is 1. The molecule has 0 aliphatic rings. The zero-order valence-corrected chi connectivity index (χ0v) is 10.8. The van der Waals surface area contributed by atoms with E-state index in [9.17, 15) is 18.0 Å². The molecule has 1 aromatic rings. The van der Waals surface area contributed by atoms with E-state index in [4.69, 9.17) is 11.7 Å². The summed E-state index contributed by atoms with van der Waals surface area (Å²) in [6.07, 6.45) is -4.83. The standard InChI is InChI=1S/C8H8F3IN4O2/c9-8(10,11)18-5-3-1-2-4(6(5)12)16(14)7(17)15-13/h1-3H,13-14H2,(H,15,17). The molecule has 0 heterocycles. The summed E-state index contributed by atoms with van der Waals surface area (Å²) in [7, 11) is 0. The fraction of sp³-hybridized carbons (Fsp3) is 0.125. The normalized spacial score (nSPS) is 11.0. The van der Waals surface area contributed by atoms with Crippen molar-refractivity contribution in [1.29, 1.82) is 0 Å². The third-order valence-corrected chi connectivity index (χ3v) is 2.85. The van der Waals surface area contributed by atoms with Gasteiger partial charge in [-0.1, -0.05) is 6.07 Å². The monoisotopic (exact) mass is 376 g/mol. The Bertz CT molecular complexity index is 454. The second kappa shape index (κ2) is 5.58. The Morgan fingerprint density at radius 2 is 2.06 bits per heavy atom. The minimum Gasteiger partial charge on any atom is -0.405 e. The van der Waals surface area contributed by atoms with Gasteiger partial charge in [-0.05, 0) is 34.7 Å². The molecular formula is C8H8F3IN4O2. The first-order valence-electron chi connectivity index (χ1n) is 4.36. The van der Waals surface area contributed by atoms with Crippen LogP contribution in [0.1, 0.15) is 0 Å². The molecule has 0 spiro atoms. The third kappa shape index (κ3) is 3.61. The number of halogens is 4. The number of hydrogen-bond donors (Lipinski definition) is 3. The van der Waals surface area contributed by atoms with Gasteiger partial charge in [0, 0.05) is 0 Å². The molecule has 0 atom stereocenters. The van der Waals surface area contributed by atoms with Gasteiger partial charge < -0.3 is 4.74 Å². The first-order chi connectivity index (χ1) is 8.26. The Hall–Kier alpha value is -1.27. The number of nitrogens with zero attached hydrogens (tertiary/aromatic N) is 1. The summed E-state index contributed by atoms with van der Waals surface area (Å²) in [5.74, 6) is 9.79. The number of benzene rings is 1. The predicted octanol–water partition coefficient (Wildman–Crippen LogP) is 1.45. The molecule has 5 N–H and O–H groups in total. The van der Waals surface area contributed by atoms with E-state index in [1.807, 2.05) is 0 Å². The predicted molar refractivity (Wildman–Crippen MR) is 65.2 cm³/mol. The summed E-state index contributed by atoms with van der Waals surface area (Å²) in [5.41, 5.74) is 1.78. The molecule has 1 aromatic carbocycles. The van der Waals surface area contributed by atoms with E-state index in [0.29, 0.717) is 5.01 Å². The quantitative estimate of drug-likeness (QED) is 0.315. The smallest absolute Gasteiger partial charge is 0.405 e. The lowest BCUT2D eigenvalue weighted by Gasteiger charge is -2.19. The number of rotatable bonds is 2. The maximum absolute atomic E-state index is 12.1. The molecule has 0 unspecified atom stereocenters. The molecule has 100 valence electrons. The van der Waals surface area contributed by atoms with E-state index in [-0.39, 0.29) is 9.26 Å². The highest BCUT2D eigenvalue weighted by Crippen LogP contribution is 2.33. The molecule has 0 aliphatic carbocycles. The van der Waals surface area contributed by atoms with Crippen molar-refractivity contribution in [2.45, 2.75) is 6.36 Å². The van der Waals surface area contributed by atoms with Crippen molar-refractivity contribution < 1.29 is 22.7 Å². The number of alkyl halides is 3. The van der Waals surface area contributed by atoms with Gasteiger partial charge in [0.05, 0.1) is 9.26 Å². The van der Waals surface area contributed by atoms with Gasteiger partial charge in [-0.25, -0.2) is 21.5 Å². The van der Waals surface area contributed by atoms with Crippen molar-refractivity contribution in [1.82, 2.24) is 5.43 Å². The van der Waals surface area contributed by atoms with E-state index in [2.05, 4.69) is 4.74 Å². The molecule has 0 bridgehead atoms. The molecular weight excluding hydrogens is 368 g/mol. The Morgan fingerprint density at radius 3 is 2.56 bits per heavy atom. The van der Waals surface area contributed by atoms with Crippen LogP contribution < -0.4 is 26.9 Å². The molecule has 0 saturated heterocycles. The van der Waals surface area contributed by atoms with Gasteiger partial charge in [-0.3, -0.25) is 5.43 Å². The maximum Gasteiger partial charge on any atom is 0.573 e. The lowest BCUT2D eigenvalue weighted by atomic mass is 10.3. The van der Waals surface area contributed by atoms with E-state index < -0.39 is 18.1 Å². The number of anilines is 1. The van der Waals surface area contributed by atoms with Gasteiger partial charge in [0.25, 0.3) is 0 Å². The van der Waals surface area contributed by atoms with Crippen molar-refractivity contribution in [2.75, 3.05) is 5.01 Å². The van der Waals surface area contributed by atoms with Crippen molar-refractivity contribution >= 4 is 34.3 Å². The fourth-order valence-corrected chi connectivity index (χ4v) is 1.80. The Kier molecular flexibility index (Phi) is 4.59. The number of carbonyl (C=O) groups is 1. The Balaban J connectivity index is 3.09. The van der Waals surface area contributed by atoms with Gasteiger partial charge in [-0.2, -0.15) is 0 Å². The lowest BCUT2D eigenvalue weighted by Crippen LogP contribution is -2.48. The number of amides is 2.